The third-order valence-electron chi connectivity index (χ3n) is 3.51. The first-order valence-electron chi connectivity index (χ1n) is 7.12. The van der Waals surface area contributed by atoms with Crippen LogP contribution in [0, 0.1) is 0 Å². The summed E-state index contributed by atoms with van der Waals surface area (Å²) in [7, 11) is 0. The molecule has 3 nitrogen and oxygen atoms in total. The molecule has 0 fully saturated rings. The average molecular weight is 311 g/mol. The summed E-state index contributed by atoms with van der Waals surface area (Å²) in [4.78, 5) is 16.4. The van der Waals surface area contributed by atoms with Crippen LogP contribution in [0.25, 0.3) is 6.08 Å². The topological polar surface area (TPSA) is 41.5 Å². The maximum atomic E-state index is 12.0. The molecule has 0 saturated carbocycles. The highest BCUT2D eigenvalue weighted by Crippen LogP contribution is 2.17. The van der Waals surface area contributed by atoms with E-state index in [2.05, 4.69) is 29.4 Å². The van der Waals surface area contributed by atoms with Gasteiger partial charge in [-0.3, -0.25) is 4.79 Å². The number of amides is 1. The number of benzene rings is 2. The number of carbonyl (C=O) groups is 1. The molecule has 0 bridgehead atoms. The molecule has 1 aliphatic heterocycles. The van der Waals surface area contributed by atoms with Crippen molar-refractivity contribution in [1.82, 2.24) is 5.32 Å². The molecule has 110 valence electrons. The Labute approximate surface area is 134 Å². The summed E-state index contributed by atoms with van der Waals surface area (Å²) in [6.07, 6.45) is 2.79. The second-order valence-corrected chi connectivity index (χ2v) is 5.48. The van der Waals surface area contributed by atoms with Crippen molar-refractivity contribution in [3.8, 4) is 0 Å². The number of hydrogen-bond donors (Lipinski definition) is 1. The SMILES string of the molecule is CCc1ccc(/C=C2/N=C(c3ccc(Cl)cc3)NC2=O)cc1. The van der Waals surface area contributed by atoms with Gasteiger partial charge in [0.15, 0.2) is 0 Å². The zero-order valence-corrected chi connectivity index (χ0v) is 12.9. The molecular formula is C18H15ClN2O. The van der Waals surface area contributed by atoms with Gasteiger partial charge in [-0.25, -0.2) is 4.99 Å². The fraction of sp³-hybridized carbons (Fsp3) is 0.111. The van der Waals surface area contributed by atoms with Gasteiger partial charge >= 0.3 is 0 Å². The van der Waals surface area contributed by atoms with Gasteiger partial charge in [0.25, 0.3) is 5.91 Å². The highest BCUT2D eigenvalue weighted by atomic mass is 35.5. The molecule has 0 aromatic heterocycles. The highest BCUT2D eigenvalue weighted by molar-refractivity contribution is 6.30. The lowest BCUT2D eigenvalue weighted by Crippen LogP contribution is -2.24. The maximum Gasteiger partial charge on any atom is 0.275 e. The number of rotatable bonds is 3. The summed E-state index contributed by atoms with van der Waals surface area (Å²) in [6.45, 7) is 2.11. The van der Waals surface area contributed by atoms with E-state index in [0.717, 1.165) is 17.5 Å². The molecule has 22 heavy (non-hydrogen) atoms. The van der Waals surface area contributed by atoms with Gasteiger partial charge in [0.05, 0.1) is 0 Å². The van der Waals surface area contributed by atoms with Crippen LogP contribution in [0.2, 0.25) is 5.02 Å². The standard InChI is InChI=1S/C18H15ClN2O/c1-2-12-3-5-13(6-4-12)11-16-18(22)21-17(20-16)14-7-9-15(19)10-8-14/h3-11H,2H2,1H3,(H,20,21,22)/b16-11+. The van der Waals surface area contributed by atoms with E-state index < -0.39 is 0 Å². The normalized spacial score (nSPS) is 15.8. The average Bonchev–Trinajstić information content (AvgIpc) is 2.90. The number of nitrogens with zero attached hydrogens (tertiary/aromatic N) is 1. The number of hydrogen-bond acceptors (Lipinski definition) is 2. The lowest BCUT2D eigenvalue weighted by Gasteiger charge is -1.99. The molecule has 1 heterocycles. The Morgan fingerprint density at radius 3 is 2.41 bits per heavy atom. The number of aryl methyl sites for hydroxylation is 1. The van der Waals surface area contributed by atoms with Crippen molar-refractivity contribution < 1.29 is 4.79 Å². The lowest BCUT2D eigenvalue weighted by molar-refractivity contribution is -0.115. The van der Waals surface area contributed by atoms with Crippen molar-refractivity contribution in [2.24, 2.45) is 4.99 Å². The van der Waals surface area contributed by atoms with Gasteiger partial charge in [-0.05, 0) is 47.9 Å². The van der Waals surface area contributed by atoms with Crippen molar-refractivity contribution in [1.29, 1.82) is 0 Å². The number of halogens is 1. The van der Waals surface area contributed by atoms with Gasteiger partial charge in [0.2, 0.25) is 0 Å². The Kier molecular flexibility index (Phi) is 4.07. The molecule has 0 aliphatic carbocycles. The molecule has 2 aromatic carbocycles. The van der Waals surface area contributed by atoms with Crippen LogP contribution >= 0.6 is 11.6 Å². The van der Waals surface area contributed by atoms with E-state index in [9.17, 15) is 4.79 Å². The second kappa shape index (κ2) is 6.16. The van der Waals surface area contributed by atoms with Crippen LogP contribution in [-0.4, -0.2) is 11.7 Å². The second-order valence-electron chi connectivity index (χ2n) is 5.05. The molecule has 0 spiro atoms. The van der Waals surface area contributed by atoms with Gasteiger partial charge in [-0.2, -0.15) is 0 Å². The first-order chi connectivity index (χ1) is 10.7. The van der Waals surface area contributed by atoms with Crippen molar-refractivity contribution in [3.63, 3.8) is 0 Å². The lowest BCUT2D eigenvalue weighted by atomic mass is 10.1. The molecule has 1 N–H and O–H groups in total. The largest absolute Gasteiger partial charge is 0.305 e. The Morgan fingerprint density at radius 2 is 1.77 bits per heavy atom. The van der Waals surface area contributed by atoms with Gasteiger partial charge in [0, 0.05) is 10.6 Å². The molecule has 0 saturated heterocycles. The fourth-order valence-corrected chi connectivity index (χ4v) is 2.35. The van der Waals surface area contributed by atoms with Crippen LogP contribution in [0.1, 0.15) is 23.6 Å². The Balaban J connectivity index is 1.88. The van der Waals surface area contributed by atoms with Crippen molar-refractivity contribution >= 4 is 29.4 Å². The molecular weight excluding hydrogens is 296 g/mol. The zero-order chi connectivity index (χ0) is 15.5. The van der Waals surface area contributed by atoms with Crippen LogP contribution in [0.15, 0.2) is 59.2 Å². The van der Waals surface area contributed by atoms with Crippen LogP contribution in [-0.2, 0) is 11.2 Å². The summed E-state index contributed by atoms with van der Waals surface area (Å²) in [5, 5.41) is 3.44. The number of nitrogens with one attached hydrogen (secondary N) is 1. The van der Waals surface area contributed by atoms with E-state index in [1.807, 2.05) is 24.3 Å². The quantitative estimate of drug-likeness (QED) is 0.860. The molecule has 1 aliphatic rings. The first-order valence-corrected chi connectivity index (χ1v) is 7.50. The molecule has 4 heteroatoms. The summed E-state index contributed by atoms with van der Waals surface area (Å²) in [5.41, 5.74) is 3.48. The third kappa shape index (κ3) is 3.10. The summed E-state index contributed by atoms with van der Waals surface area (Å²) in [6, 6.07) is 15.3. The van der Waals surface area contributed by atoms with E-state index in [4.69, 9.17) is 11.6 Å². The Morgan fingerprint density at radius 1 is 1.09 bits per heavy atom. The maximum absolute atomic E-state index is 12.0. The van der Waals surface area contributed by atoms with E-state index in [0.29, 0.717) is 16.6 Å². The zero-order valence-electron chi connectivity index (χ0n) is 12.1. The van der Waals surface area contributed by atoms with Crippen LogP contribution in [0.4, 0.5) is 0 Å². The molecule has 3 rings (SSSR count). The molecule has 0 atom stereocenters. The smallest absolute Gasteiger partial charge is 0.275 e. The predicted molar refractivity (Wildman–Crippen MR) is 89.9 cm³/mol. The monoisotopic (exact) mass is 310 g/mol. The van der Waals surface area contributed by atoms with E-state index in [1.54, 1.807) is 18.2 Å². The van der Waals surface area contributed by atoms with E-state index in [-0.39, 0.29) is 5.91 Å². The minimum atomic E-state index is -0.190. The summed E-state index contributed by atoms with van der Waals surface area (Å²) in [5.74, 6) is 0.364. The van der Waals surface area contributed by atoms with Crippen molar-refractivity contribution in [2.75, 3.05) is 0 Å². The minimum Gasteiger partial charge on any atom is -0.305 e. The van der Waals surface area contributed by atoms with Gasteiger partial charge in [-0.1, -0.05) is 42.8 Å². The Bertz CT molecular complexity index is 759. The minimum absolute atomic E-state index is 0.190. The van der Waals surface area contributed by atoms with Crippen molar-refractivity contribution in [3.05, 3.63) is 75.9 Å². The van der Waals surface area contributed by atoms with Crippen LogP contribution in [0.3, 0.4) is 0 Å². The number of amidine groups is 1. The van der Waals surface area contributed by atoms with Gasteiger partial charge in [-0.15, -0.1) is 0 Å². The highest BCUT2D eigenvalue weighted by Gasteiger charge is 2.20. The van der Waals surface area contributed by atoms with Crippen molar-refractivity contribution in [2.45, 2.75) is 13.3 Å². The van der Waals surface area contributed by atoms with Crippen LogP contribution < -0.4 is 5.32 Å². The third-order valence-corrected chi connectivity index (χ3v) is 3.76. The molecule has 1 amide bonds. The number of aliphatic imine (C=N–C) groups is 1. The molecule has 0 unspecified atom stereocenters. The summed E-state index contributed by atoms with van der Waals surface area (Å²) < 4.78 is 0. The summed E-state index contributed by atoms with van der Waals surface area (Å²) >= 11 is 5.87. The molecule has 2 aromatic rings. The molecule has 0 radical (unpaired) electrons. The van der Waals surface area contributed by atoms with Crippen LogP contribution in [0.5, 0.6) is 0 Å². The van der Waals surface area contributed by atoms with Gasteiger partial charge < -0.3 is 5.32 Å². The fourth-order valence-electron chi connectivity index (χ4n) is 2.22. The van der Waals surface area contributed by atoms with E-state index in [1.165, 1.54) is 5.56 Å². The first kappa shape index (κ1) is 14.5. The predicted octanol–water partition coefficient (Wildman–Crippen LogP) is 3.82. The van der Waals surface area contributed by atoms with Gasteiger partial charge in [0.1, 0.15) is 11.5 Å². The van der Waals surface area contributed by atoms with E-state index >= 15 is 0 Å². The number of carbonyl (C=O) groups excluding carboxylic acids is 1. The Hall–Kier alpha value is -2.39.